The van der Waals surface area contributed by atoms with Crippen molar-refractivity contribution >= 4 is 29.7 Å². The summed E-state index contributed by atoms with van der Waals surface area (Å²) in [5.41, 5.74) is 0.980. The molecule has 0 amide bonds. The first kappa shape index (κ1) is 17.3. The molecule has 0 bridgehead atoms. The second-order valence-corrected chi connectivity index (χ2v) is 5.61. The minimum Gasteiger partial charge on any atom is -0.300 e. The number of aryl methyl sites for hydroxylation is 1. The summed E-state index contributed by atoms with van der Waals surface area (Å²) in [5, 5.41) is 7.24. The Hall–Kier alpha value is -2.08. The Balaban J connectivity index is 2.40. The molecular weight excluding hydrogens is 321 g/mol. The second kappa shape index (κ2) is 7.00. The van der Waals surface area contributed by atoms with Gasteiger partial charge in [0.2, 0.25) is 0 Å². The van der Waals surface area contributed by atoms with Crippen LogP contribution in [0.4, 0.5) is 18.9 Å². The number of aliphatic imine (C=N–C) groups is 1. The maximum absolute atomic E-state index is 12.7. The Bertz CT molecular complexity index is 717. The molecule has 0 heterocycles. The van der Waals surface area contributed by atoms with Gasteiger partial charge in [0.25, 0.3) is 0 Å². The molecule has 1 N–H and O–H groups in total. The molecule has 0 saturated carbocycles. The number of hydrogen-bond acceptors (Lipinski definition) is 3. The zero-order valence-corrected chi connectivity index (χ0v) is 13.2. The minimum absolute atomic E-state index is 0.208. The van der Waals surface area contributed by atoms with Gasteiger partial charge in [0.15, 0.2) is 0 Å². The van der Waals surface area contributed by atoms with E-state index in [4.69, 9.17) is 5.41 Å². The molecule has 0 aliphatic carbocycles. The van der Waals surface area contributed by atoms with Crippen LogP contribution in [0.5, 0.6) is 0 Å². The third-order valence-corrected chi connectivity index (χ3v) is 3.48. The number of hydrogen-bond donors (Lipinski definition) is 2. The quantitative estimate of drug-likeness (QED) is 0.556. The molecule has 120 valence electrons. The number of nitrogens with zero attached hydrogens (tertiary/aromatic N) is 1. The lowest BCUT2D eigenvalue weighted by molar-refractivity contribution is -0.0605. The van der Waals surface area contributed by atoms with Crippen molar-refractivity contribution in [3.05, 3.63) is 59.7 Å². The predicted octanol–water partition coefficient (Wildman–Crippen LogP) is 5.38. The Morgan fingerprint density at radius 3 is 2.13 bits per heavy atom. The lowest BCUT2D eigenvalue weighted by Crippen LogP contribution is -2.25. The van der Waals surface area contributed by atoms with E-state index >= 15 is 0 Å². The molecule has 2 aromatic carbocycles. The number of halogens is 3. The van der Waals surface area contributed by atoms with Gasteiger partial charge in [-0.25, -0.2) is 0 Å². The van der Waals surface area contributed by atoms with Crippen molar-refractivity contribution in [2.24, 2.45) is 4.99 Å². The van der Waals surface area contributed by atoms with Crippen molar-refractivity contribution in [1.82, 2.24) is 0 Å². The standard InChI is InChI=1S/C17H15F3N2S/c1-11-2-4-12(5-3-11)15(10-16(21)17(18,19)20)22-13-6-8-14(23)9-7-13/h2-9,21,23H,10H2,1H3. The average Bonchev–Trinajstić information content (AvgIpc) is 2.48. The normalized spacial score (nSPS) is 12.3. The summed E-state index contributed by atoms with van der Waals surface area (Å²) < 4.78 is 38.1. The summed E-state index contributed by atoms with van der Waals surface area (Å²) in [6.07, 6.45) is -5.23. The molecule has 0 radical (unpaired) electrons. The van der Waals surface area contributed by atoms with E-state index in [0.29, 0.717) is 11.3 Å². The number of rotatable bonds is 4. The van der Waals surface area contributed by atoms with E-state index in [1.807, 2.05) is 6.92 Å². The lowest BCUT2D eigenvalue weighted by atomic mass is 10.0. The molecule has 0 aromatic heterocycles. The van der Waals surface area contributed by atoms with Gasteiger partial charge in [0.05, 0.1) is 11.4 Å². The molecule has 0 unspecified atom stereocenters. The SMILES string of the molecule is Cc1ccc(C(CC(=N)C(F)(F)F)=Nc2ccc(S)cc2)cc1. The molecule has 0 fully saturated rings. The molecule has 0 aliphatic heterocycles. The van der Waals surface area contributed by atoms with Crippen LogP contribution in [0.2, 0.25) is 0 Å². The highest BCUT2D eigenvalue weighted by Crippen LogP contribution is 2.23. The van der Waals surface area contributed by atoms with E-state index in [1.54, 1.807) is 48.5 Å². The molecule has 23 heavy (non-hydrogen) atoms. The van der Waals surface area contributed by atoms with Crippen molar-refractivity contribution in [3.63, 3.8) is 0 Å². The van der Waals surface area contributed by atoms with Crippen molar-refractivity contribution in [3.8, 4) is 0 Å². The Morgan fingerprint density at radius 2 is 1.61 bits per heavy atom. The third kappa shape index (κ3) is 4.96. The summed E-state index contributed by atoms with van der Waals surface area (Å²) >= 11 is 4.17. The summed E-state index contributed by atoms with van der Waals surface area (Å²) in [6, 6.07) is 13.8. The average molecular weight is 336 g/mol. The molecular formula is C17H15F3N2S. The van der Waals surface area contributed by atoms with Crippen LogP contribution >= 0.6 is 12.6 Å². The molecule has 0 aliphatic rings. The first-order valence-corrected chi connectivity index (χ1v) is 7.28. The smallest absolute Gasteiger partial charge is 0.300 e. The lowest BCUT2D eigenvalue weighted by Gasteiger charge is -2.11. The Morgan fingerprint density at radius 1 is 1.04 bits per heavy atom. The van der Waals surface area contributed by atoms with E-state index in [9.17, 15) is 13.2 Å². The van der Waals surface area contributed by atoms with Crippen LogP contribution in [-0.2, 0) is 0 Å². The van der Waals surface area contributed by atoms with Gasteiger partial charge >= 0.3 is 6.18 Å². The van der Waals surface area contributed by atoms with Gasteiger partial charge in [0.1, 0.15) is 5.71 Å². The third-order valence-electron chi connectivity index (χ3n) is 3.18. The Kier molecular flexibility index (Phi) is 5.26. The molecule has 2 rings (SSSR count). The van der Waals surface area contributed by atoms with Crippen LogP contribution in [-0.4, -0.2) is 17.6 Å². The van der Waals surface area contributed by atoms with Crippen LogP contribution in [0, 0.1) is 12.3 Å². The first-order chi connectivity index (χ1) is 10.8. The van der Waals surface area contributed by atoms with E-state index in [0.717, 1.165) is 10.5 Å². The van der Waals surface area contributed by atoms with Crippen LogP contribution in [0.15, 0.2) is 58.4 Å². The summed E-state index contributed by atoms with van der Waals surface area (Å²) in [5.74, 6) is 0. The van der Waals surface area contributed by atoms with E-state index in [-0.39, 0.29) is 5.71 Å². The zero-order valence-electron chi connectivity index (χ0n) is 12.4. The number of thiol groups is 1. The highest BCUT2D eigenvalue weighted by molar-refractivity contribution is 7.80. The molecule has 0 atom stereocenters. The van der Waals surface area contributed by atoms with Gasteiger partial charge in [-0.15, -0.1) is 12.6 Å². The molecule has 0 saturated heterocycles. The fraction of sp³-hybridized carbons (Fsp3) is 0.176. The van der Waals surface area contributed by atoms with Gasteiger partial charge in [-0.3, -0.25) is 4.99 Å². The first-order valence-electron chi connectivity index (χ1n) is 6.84. The Labute approximate surface area is 138 Å². The van der Waals surface area contributed by atoms with Crippen molar-refractivity contribution in [2.45, 2.75) is 24.4 Å². The molecule has 6 heteroatoms. The van der Waals surface area contributed by atoms with Gasteiger partial charge in [-0.1, -0.05) is 29.8 Å². The zero-order chi connectivity index (χ0) is 17.0. The summed E-state index contributed by atoms with van der Waals surface area (Å²) in [7, 11) is 0. The molecule has 2 nitrogen and oxygen atoms in total. The van der Waals surface area contributed by atoms with Crippen molar-refractivity contribution in [2.75, 3.05) is 0 Å². The highest BCUT2D eigenvalue weighted by Gasteiger charge is 2.34. The van der Waals surface area contributed by atoms with Crippen molar-refractivity contribution < 1.29 is 13.2 Å². The van der Waals surface area contributed by atoms with Crippen LogP contribution in [0.1, 0.15) is 17.5 Å². The largest absolute Gasteiger partial charge is 0.429 e. The van der Waals surface area contributed by atoms with E-state index in [1.165, 1.54) is 0 Å². The topological polar surface area (TPSA) is 36.2 Å². The maximum atomic E-state index is 12.7. The van der Waals surface area contributed by atoms with Gasteiger partial charge in [-0.05, 0) is 36.8 Å². The fourth-order valence-corrected chi connectivity index (χ4v) is 2.05. The second-order valence-electron chi connectivity index (χ2n) is 5.09. The van der Waals surface area contributed by atoms with Crippen LogP contribution in [0.25, 0.3) is 0 Å². The van der Waals surface area contributed by atoms with Gasteiger partial charge in [-0.2, -0.15) is 13.2 Å². The fourth-order valence-electron chi connectivity index (χ4n) is 1.90. The van der Waals surface area contributed by atoms with Crippen LogP contribution in [0.3, 0.4) is 0 Å². The van der Waals surface area contributed by atoms with E-state index in [2.05, 4.69) is 17.6 Å². The maximum Gasteiger partial charge on any atom is 0.429 e. The summed E-state index contributed by atoms with van der Waals surface area (Å²) in [4.78, 5) is 5.03. The molecule has 0 spiro atoms. The minimum atomic E-state index is -4.65. The summed E-state index contributed by atoms with van der Waals surface area (Å²) in [6.45, 7) is 1.89. The van der Waals surface area contributed by atoms with Gasteiger partial charge < -0.3 is 5.41 Å². The van der Waals surface area contributed by atoms with Crippen molar-refractivity contribution in [1.29, 1.82) is 5.41 Å². The number of nitrogens with one attached hydrogen (secondary N) is 1. The van der Waals surface area contributed by atoms with E-state index < -0.39 is 18.3 Å². The van der Waals surface area contributed by atoms with Gasteiger partial charge in [0, 0.05) is 11.3 Å². The number of alkyl halides is 3. The highest BCUT2D eigenvalue weighted by atomic mass is 32.1. The number of benzene rings is 2. The van der Waals surface area contributed by atoms with Crippen LogP contribution < -0.4 is 0 Å². The molecule has 2 aromatic rings. The predicted molar refractivity (Wildman–Crippen MR) is 89.5 cm³/mol. The monoisotopic (exact) mass is 336 g/mol.